The maximum absolute atomic E-state index is 12.2. The highest BCUT2D eigenvalue weighted by Crippen LogP contribution is 2.27. The molecule has 0 radical (unpaired) electrons. The van der Waals surface area contributed by atoms with Gasteiger partial charge in [0.25, 0.3) is 10.2 Å². The van der Waals surface area contributed by atoms with E-state index in [9.17, 15) is 8.42 Å². The molecule has 2 aliphatic rings. The Morgan fingerprint density at radius 3 is 2.62 bits per heavy atom. The molecule has 1 N–H and O–H groups in total. The maximum atomic E-state index is 12.2. The first-order valence-electron chi connectivity index (χ1n) is 5.89. The molecular weight excluding hydrogens is 226 g/mol. The van der Waals surface area contributed by atoms with Crippen LogP contribution >= 0.6 is 0 Å². The predicted molar refractivity (Wildman–Crippen MR) is 63.3 cm³/mol. The minimum atomic E-state index is -3.25. The molecule has 0 aromatic heterocycles. The molecule has 2 rings (SSSR count). The predicted octanol–water partition coefficient (Wildman–Crippen LogP) is -0.135. The summed E-state index contributed by atoms with van der Waals surface area (Å²) in [6.07, 6.45) is 1.10. The minimum Gasteiger partial charge on any atom is -0.312 e. The van der Waals surface area contributed by atoms with Gasteiger partial charge in [-0.15, -0.1) is 0 Å². The van der Waals surface area contributed by atoms with Crippen molar-refractivity contribution >= 4 is 10.2 Å². The number of hydrogen-bond donors (Lipinski definition) is 1. The van der Waals surface area contributed by atoms with Gasteiger partial charge in [0, 0.05) is 32.2 Å². The van der Waals surface area contributed by atoms with Crippen LogP contribution in [0.2, 0.25) is 0 Å². The molecule has 6 heteroatoms. The Hall–Kier alpha value is -0.170. The van der Waals surface area contributed by atoms with E-state index in [0.717, 1.165) is 13.0 Å². The fraction of sp³-hybridized carbons (Fsp3) is 1.00. The van der Waals surface area contributed by atoms with E-state index in [1.54, 1.807) is 11.4 Å². The van der Waals surface area contributed by atoms with Crippen molar-refractivity contribution in [1.29, 1.82) is 0 Å². The molecule has 0 saturated carbocycles. The Kier molecular flexibility index (Phi) is 3.27. The third kappa shape index (κ3) is 1.99. The summed E-state index contributed by atoms with van der Waals surface area (Å²) in [5, 5.41) is 3.36. The van der Waals surface area contributed by atoms with E-state index in [0.29, 0.717) is 25.0 Å². The summed E-state index contributed by atoms with van der Waals surface area (Å²) in [4.78, 5) is 0. The van der Waals surface area contributed by atoms with Gasteiger partial charge in [-0.05, 0) is 32.7 Å². The molecule has 5 nitrogen and oxygen atoms in total. The Morgan fingerprint density at radius 1 is 1.38 bits per heavy atom. The highest BCUT2D eigenvalue weighted by atomic mass is 32.2. The van der Waals surface area contributed by atoms with Crippen molar-refractivity contribution in [2.24, 2.45) is 5.92 Å². The third-order valence-corrected chi connectivity index (χ3v) is 5.85. The third-order valence-electron chi connectivity index (χ3n) is 3.75. The molecule has 0 bridgehead atoms. The number of rotatable bonds is 3. The van der Waals surface area contributed by atoms with Gasteiger partial charge in [-0.2, -0.15) is 17.0 Å². The average Bonchev–Trinajstić information content (AvgIpc) is 2.74. The summed E-state index contributed by atoms with van der Waals surface area (Å²) < 4.78 is 27.5. The lowest BCUT2D eigenvalue weighted by Gasteiger charge is -2.27. The number of hydrogen-bond acceptors (Lipinski definition) is 3. The summed E-state index contributed by atoms with van der Waals surface area (Å²) >= 11 is 0. The molecule has 0 aromatic carbocycles. The van der Waals surface area contributed by atoms with E-state index in [-0.39, 0.29) is 6.04 Å². The molecule has 2 atom stereocenters. The van der Waals surface area contributed by atoms with E-state index < -0.39 is 10.2 Å². The van der Waals surface area contributed by atoms with E-state index in [1.807, 2.05) is 13.8 Å². The highest BCUT2D eigenvalue weighted by molar-refractivity contribution is 7.86. The van der Waals surface area contributed by atoms with Gasteiger partial charge in [-0.3, -0.25) is 0 Å². The van der Waals surface area contributed by atoms with Crippen LogP contribution in [-0.4, -0.2) is 55.8 Å². The van der Waals surface area contributed by atoms with Crippen LogP contribution in [0.15, 0.2) is 0 Å². The van der Waals surface area contributed by atoms with Gasteiger partial charge in [-0.1, -0.05) is 0 Å². The molecule has 0 aliphatic carbocycles. The van der Waals surface area contributed by atoms with Gasteiger partial charge in [0.1, 0.15) is 0 Å². The number of nitrogens with zero attached hydrogens (tertiary/aromatic N) is 2. The van der Waals surface area contributed by atoms with Crippen molar-refractivity contribution in [2.75, 3.05) is 26.7 Å². The van der Waals surface area contributed by atoms with Crippen LogP contribution < -0.4 is 5.32 Å². The van der Waals surface area contributed by atoms with E-state index in [4.69, 9.17) is 0 Å². The van der Waals surface area contributed by atoms with Crippen molar-refractivity contribution in [2.45, 2.75) is 32.4 Å². The molecule has 2 heterocycles. The lowest BCUT2D eigenvalue weighted by Crippen LogP contribution is -2.45. The smallest absolute Gasteiger partial charge is 0.282 e. The summed E-state index contributed by atoms with van der Waals surface area (Å²) in [6.45, 7) is 6.13. The second kappa shape index (κ2) is 4.25. The molecule has 16 heavy (non-hydrogen) atoms. The molecule has 94 valence electrons. The monoisotopic (exact) mass is 247 g/mol. The van der Waals surface area contributed by atoms with Crippen LogP contribution in [0.5, 0.6) is 0 Å². The van der Waals surface area contributed by atoms with Gasteiger partial charge in [0.15, 0.2) is 0 Å². The number of nitrogens with one attached hydrogen (secondary N) is 1. The fourth-order valence-corrected chi connectivity index (χ4v) is 4.07. The topological polar surface area (TPSA) is 52.7 Å². The molecule has 2 saturated heterocycles. The Morgan fingerprint density at radius 2 is 2.06 bits per heavy atom. The first kappa shape index (κ1) is 12.3. The molecular formula is C10H21N3O2S. The zero-order valence-electron chi connectivity index (χ0n) is 10.2. The normalized spacial score (nSPS) is 31.6. The van der Waals surface area contributed by atoms with Gasteiger partial charge < -0.3 is 5.32 Å². The summed E-state index contributed by atoms with van der Waals surface area (Å²) in [5.74, 6) is 0.510. The zero-order valence-corrected chi connectivity index (χ0v) is 11.0. The quantitative estimate of drug-likeness (QED) is 0.755. The highest BCUT2D eigenvalue weighted by Gasteiger charge is 2.42. The first-order chi connectivity index (χ1) is 7.43. The molecule has 2 aliphatic heterocycles. The summed E-state index contributed by atoms with van der Waals surface area (Å²) in [5.41, 5.74) is 0. The van der Waals surface area contributed by atoms with E-state index in [1.165, 1.54) is 4.31 Å². The first-order valence-corrected chi connectivity index (χ1v) is 7.29. The lowest BCUT2D eigenvalue weighted by atomic mass is 10.1. The van der Waals surface area contributed by atoms with Crippen molar-refractivity contribution in [1.82, 2.24) is 13.9 Å². The lowest BCUT2D eigenvalue weighted by molar-refractivity contribution is 0.350. The number of fused-ring (bicyclic) bond motifs is 1. The van der Waals surface area contributed by atoms with Crippen LogP contribution in [0, 0.1) is 5.92 Å². The second-order valence-electron chi connectivity index (χ2n) is 5.04. The Balaban J connectivity index is 2.09. The molecule has 0 amide bonds. The van der Waals surface area contributed by atoms with Crippen molar-refractivity contribution in [3.63, 3.8) is 0 Å². The summed E-state index contributed by atoms with van der Waals surface area (Å²) in [6, 6.07) is 0.383. The Labute approximate surface area is 98.0 Å². The maximum Gasteiger partial charge on any atom is 0.282 e. The van der Waals surface area contributed by atoms with E-state index in [2.05, 4.69) is 5.32 Å². The molecule has 0 aromatic rings. The summed E-state index contributed by atoms with van der Waals surface area (Å²) in [7, 11) is -1.60. The molecule has 0 spiro atoms. The van der Waals surface area contributed by atoms with Gasteiger partial charge in [-0.25, -0.2) is 0 Å². The molecule has 2 fully saturated rings. The van der Waals surface area contributed by atoms with E-state index >= 15 is 0 Å². The average molecular weight is 247 g/mol. The van der Waals surface area contributed by atoms with Crippen molar-refractivity contribution < 1.29 is 8.42 Å². The van der Waals surface area contributed by atoms with Crippen LogP contribution in [0.3, 0.4) is 0 Å². The van der Waals surface area contributed by atoms with Gasteiger partial charge in [0.2, 0.25) is 0 Å². The standard InChI is InChI=1S/C10H21N3O2S/c1-8(2)12(3)16(14,15)13-6-9-4-5-11-10(9)7-13/h8-11H,4-7H2,1-3H3. The van der Waals surface area contributed by atoms with Crippen molar-refractivity contribution in [3.05, 3.63) is 0 Å². The zero-order chi connectivity index (χ0) is 11.9. The largest absolute Gasteiger partial charge is 0.312 e. The van der Waals surface area contributed by atoms with Crippen molar-refractivity contribution in [3.8, 4) is 0 Å². The van der Waals surface area contributed by atoms with Crippen LogP contribution in [0.25, 0.3) is 0 Å². The van der Waals surface area contributed by atoms with Crippen LogP contribution in [-0.2, 0) is 10.2 Å². The SMILES string of the molecule is CC(C)N(C)S(=O)(=O)N1CC2CCNC2C1. The molecule has 2 unspecified atom stereocenters. The fourth-order valence-electron chi connectivity index (χ4n) is 2.45. The Bertz CT molecular complexity index is 343. The van der Waals surface area contributed by atoms with Gasteiger partial charge in [0.05, 0.1) is 0 Å². The van der Waals surface area contributed by atoms with Crippen LogP contribution in [0.1, 0.15) is 20.3 Å². The van der Waals surface area contributed by atoms with Gasteiger partial charge >= 0.3 is 0 Å². The van der Waals surface area contributed by atoms with Crippen LogP contribution in [0.4, 0.5) is 0 Å². The second-order valence-corrected chi connectivity index (χ2v) is 7.03. The minimum absolute atomic E-state index is 0.0124.